The monoisotopic (exact) mass is 556 g/mol. The summed E-state index contributed by atoms with van der Waals surface area (Å²) in [5.41, 5.74) is 0. The molecule has 0 bridgehead atoms. The molecule has 0 rings (SSSR count). The molecule has 0 heterocycles. The molecule has 218 valence electrons. The van der Waals surface area contributed by atoms with E-state index in [4.69, 9.17) is 4.18 Å². The standard InChI is InChI=1S/C30H60O5S.Na.H/c1-3-5-7-9-11-13-15-16-17-18-19-20-22-24-26-28-30(31)35-36(32,33)34-29-27-25-23-21-14-12-10-8-6-4-2;;/h3-29H2,1-2H3;;. The third-order valence-corrected chi connectivity index (χ3v) is 7.75. The minimum atomic E-state index is -4.21. The average Bonchev–Trinajstić information content (AvgIpc) is 2.84. The summed E-state index contributed by atoms with van der Waals surface area (Å²) in [6.45, 7) is 4.58. The maximum absolute atomic E-state index is 11.8. The fourth-order valence-electron chi connectivity index (χ4n) is 4.57. The van der Waals surface area contributed by atoms with E-state index < -0.39 is 16.4 Å². The van der Waals surface area contributed by atoms with Gasteiger partial charge >= 0.3 is 45.9 Å². The van der Waals surface area contributed by atoms with Crippen LogP contribution in [0.15, 0.2) is 0 Å². The Kier molecular flexibility index (Phi) is 33.0. The van der Waals surface area contributed by atoms with Crippen molar-refractivity contribution < 1.29 is 21.6 Å². The molecule has 0 saturated heterocycles. The first-order valence-electron chi connectivity index (χ1n) is 15.6. The van der Waals surface area contributed by atoms with E-state index in [2.05, 4.69) is 18.0 Å². The molecule has 0 aliphatic carbocycles. The van der Waals surface area contributed by atoms with Crippen molar-refractivity contribution in [3.05, 3.63) is 0 Å². The minimum absolute atomic E-state index is 0. The van der Waals surface area contributed by atoms with Gasteiger partial charge < -0.3 is 4.18 Å². The van der Waals surface area contributed by atoms with Crippen LogP contribution in [0.5, 0.6) is 0 Å². The number of rotatable bonds is 29. The van der Waals surface area contributed by atoms with Crippen molar-refractivity contribution in [2.24, 2.45) is 0 Å². The molecule has 0 saturated carbocycles. The van der Waals surface area contributed by atoms with Gasteiger partial charge in [-0.3, -0.25) is 4.79 Å². The predicted octanol–water partition coefficient (Wildman–Crippen LogP) is 9.32. The van der Waals surface area contributed by atoms with Gasteiger partial charge in [0.05, 0.1) is 6.61 Å². The van der Waals surface area contributed by atoms with Crippen LogP contribution in [0.25, 0.3) is 0 Å². The quantitative estimate of drug-likeness (QED) is 0.0678. The van der Waals surface area contributed by atoms with Gasteiger partial charge in [0.15, 0.2) is 0 Å². The number of carbonyl (C=O) groups excluding carboxylic acids is 1. The molecule has 0 aliphatic rings. The number of hydrogen-bond donors (Lipinski definition) is 0. The summed E-state index contributed by atoms with van der Waals surface area (Å²) >= 11 is 0. The predicted molar refractivity (Wildman–Crippen MR) is 160 cm³/mol. The molecule has 0 radical (unpaired) electrons. The zero-order valence-electron chi connectivity index (χ0n) is 24.0. The molecule has 0 aliphatic heterocycles. The summed E-state index contributed by atoms with van der Waals surface area (Å²) in [6, 6.07) is 0. The van der Waals surface area contributed by atoms with E-state index in [0.29, 0.717) is 12.8 Å². The Labute approximate surface area is 253 Å². The van der Waals surface area contributed by atoms with Gasteiger partial charge in [-0.15, -0.1) is 0 Å². The molecule has 0 aromatic carbocycles. The summed E-state index contributed by atoms with van der Waals surface area (Å²) in [5, 5.41) is 0. The maximum atomic E-state index is 11.8. The molecule has 0 aromatic rings. The first kappa shape index (κ1) is 39.5. The second-order valence-electron chi connectivity index (χ2n) is 10.6. The molecule has 7 heteroatoms. The summed E-state index contributed by atoms with van der Waals surface area (Å²) in [6.07, 6.45) is 30.6. The van der Waals surface area contributed by atoms with E-state index in [-0.39, 0.29) is 42.6 Å². The number of carbonyl (C=O) groups is 1. The zero-order valence-corrected chi connectivity index (χ0v) is 24.9. The van der Waals surface area contributed by atoms with Crippen molar-refractivity contribution in [3.8, 4) is 0 Å². The van der Waals surface area contributed by atoms with Crippen molar-refractivity contribution in [3.63, 3.8) is 0 Å². The van der Waals surface area contributed by atoms with Crippen LogP contribution in [0.2, 0.25) is 0 Å². The Morgan fingerprint density at radius 3 is 1.14 bits per heavy atom. The molecule has 0 spiro atoms. The van der Waals surface area contributed by atoms with E-state index in [1.165, 1.54) is 122 Å². The van der Waals surface area contributed by atoms with Crippen LogP contribution >= 0.6 is 0 Å². The van der Waals surface area contributed by atoms with Gasteiger partial charge in [0, 0.05) is 6.42 Å². The van der Waals surface area contributed by atoms with Gasteiger partial charge in [0.1, 0.15) is 0 Å². The zero-order chi connectivity index (χ0) is 26.6. The van der Waals surface area contributed by atoms with Crippen LogP contribution < -0.4 is 0 Å². The van der Waals surface area contributed by atoms with Gasteiger partial charge in [-0.1, -0.05) is 162 Å². The van der Waals surface area contributed by atoms with E-state index in [1.807, 2.05) is 0 Å². The van der Waals surface area contributed by atoms with Gasteiger partial charge in [-0.05, 0) is 12.8 Å². The summed E-state index contributed by atoms with van der Waals surface area (Å²) in [5.74, 6) is -0.701. The van der Waals surface area contributed by atoms with Crippen molar-refractivity contribution in [2.75, 3.05) is 6.61 Å². The van der Waals surface area contributed by atoms with Crippen LogP contribution in [0, 0.1) is 0 Å². The van der Waals surface area contributed by atoms with Gasteiger partial charge in [0.25, 0.3) is 0 Å². The van der Waals surface area contributed by atoms with Crippen molar-refractivity contribution >= 4 is 45.9 Å². The molecule has 0 aromatic heterocycles. The van der Waals surface area contributed by atoms with Crippen molar-refractivity contribution in [2.45, 2.75) is 181 Å². The first-order chi connectivity index (χ1) is 17.5. The Morgan fingerprint density at radius 2 is 0.784 bits per heavy atom. The topological polar surface area (TPSA) is 69.7 Å². The number of hydrogen-bond acceptors (Lipinski definition) is 5. The fraction of sp³-hybridized carbons (Fsp3) is 0.967. The Balaban J connectivity index is 0. The molecule has 0 fully saturated rings. The summed E-state index contributed by atoms with van der Waals surface area (Å²) in [4.78, 5) is 11.8. The Morgan fingerprint density at radius 1 is 0.486 bits per heavy atom. The number of unbranched alkanes of at least 4 members (excludes halogenated alkanes) is 23. The van der Waals surface area contributed by atoms with Crippen LogP contribution in [0.1, 0.15) is 181 Å². The van der Waals surface area contributed by atoms with E-state index in [9.17, 15) is 13.2 Å². The normalized spacial score (nSPS) is 11.4. The summed E-state index contributed by atoms with van der Waals surface area (Å²) in [7, 11) is -4.21. The van der Waals surface area contributed by atoms with Crippen molar-refractivity contribution in [1.29, 1.82) is 0 Å². The van der Waals surface area contributed by atoms with Gasteiger partial charge in [-0.25, -0.2) is 4.18 Å². The van der Waals surface area contributed by atoms with Crippen molar-refractivity contribution in [1.82, 2.24) is 0 Å². The molecule has 5 nitrogen and oxygen atoms in total. The molecular formula is C30H61NaO5S. The second kappa shape index (κ2) is 30.9. The van der Waals surface area contributed by atoms with E-state index >= 15 is 0 Å². The third kappa shape index (κ3) is 32.5. The molecule has 0 N–H and O–H groups in total. The van der Waals surface area contributed by atoms with Gasteiger partial charge in [0.2, 0.25) is 0 Å². The molecule has 0 atom stereocenters. The molecule has 0 unspecified atom stereocenters. The molecule has 37 heavy (non-hydrogen) atoms. The molecule has 0 amide bonds. The third-order valence-electron chi connectivity index (χ3n) is 6.91. The summed E-state index contributed by atoms with van der Waals surface area (Å²) < 4.78 is 33.0. The Bertz CT molecular complexity index is 568. The van der Waals surface area contributed by atoms with Crippen LogP contribution in [-0.4, -0.2) is 50.6 Å². The van der Waals surface area contributed by atoms with Crippen LogP contribution in [-0.2, 0) is 23.6 Å². The fourth-order valence-corrected chi connectivity index (χ4v) is 5.25. The van der Waals surface area contributed by atoms with E-state index in [1.54, 1.807) is 0 Å². The SMILES string of the molecule is CCCCCCCCCCCCCCCCCC(=O)OS(=O)(=O)OCCCCCCCCCCCC.[NaH]. The van der Waals surface area contributed by atoms with E-state index in [0.717, 1.165) is 25.7 Å². The second-order valence-corrected chi connectivity index (χ2v) is 11.8. The molecular weight excluding hydrogens is 495 g/mol. The first-order valence-corrected chi connectivity index (χ1v) is 17.0. The van der Waals surface area contributed by atoms with Crippen LogP contribution in [0.3, 0.4) is 0 Å². The Hall–Kier alpha value is 0.380. The van der Waals surface area contributed by atoms with Crippen LogP contribution in [0.4, 0.5) is 0 Å². The average molecular weight is 557 g/mol. The van der Waals surface area contributed by atoms with Gasteiger partial charge in [-0.2, -0.15) is 8.42 Å².